The van der Waals surface area contributed by atoms with Crippen molar-refractivity contribution in [1.82, 2.24) is 0 Å². The number of ether oxygens (including phenoxy) is 2. The predicted molar refractivity (Wildman–Crippen MR) is 81.2 cm³/mol. The number of carbonyl (C=O) groups excluding carboxylic acids is 1. The highest BCUT2D eigenvalue weighted by Crippen LogP contribution is 2.23. The zero-order valence-corrected chi connectivity index (χ0v) is 12.5. The van der Waals surface area contributed by atoms with Gasteiger partial charge < -0.3 is 14.6 Å². The molecule has 1 N–H and O–H groups in total. The normalized spacial score (nSPS) is 11.3. The van der Waals surface area contributed by atoms with Crippen LogP contribution in [0.3, 0.4) is 0 Å². The monoisotopic (exact) mass is 352 g/mol. The number of hydrogen-bond donors (Lipinski definition) is 1. The fourth-order valence-corrected chi connectivity index (χ4v) is 1.77. The second-order valence-electron chi connectivity index (χ2n) is 4.70. The number of aliphatic carboxylic acids is 1. The molecule has 0 aromatic heterocycles. The Morgan fingerprint density at radius 3 is 2.00 bits per heavy atom. The lowest BCUT2D eigenvalue weighted by Gasteiger charge is -2.09. The van der Waals surface area contributed by atoms with Crippen molar-refractivity contribution in [3.63, 3.8) is 0 Å². The minimum absolute atomic E-state index is 0.0457. The van der Waals surface area contributed by atoms with Crippen LogP contribution in [0.15, 0.2) is 54.6 Å². The van der Waals surface area contributed by atoms with Crippen molar-refractivity contribution in [2.24, 2.45) is 0 Å². The van der Waals surface area contributed by atoms with E-state index in [4.69, 9.17) is 9.84 Å². The maximum absolute atomic E-state index is 12.1. The van der Waals surface area contributed by atoms with E-state index in [1.54, 1.807) is 12.1 Å². The molecule has 0 atom stereocenters. The third-order valence-electron chi connectivity index (χ3n) is 2.83. The van der Waals surface area contributed by atoms with Gasteiger partial charge in [-0.05, 0) is 48.0 Å². The highest BCUT2D eigenvalue weighted by atomic mass is 19.4. The number of carbonyl (C=O) groups is 2. The Labute approximate surface area is 139 Å². The smallest absolute Gasteiger partial charge is 0.478 e. The van der Waals surface area contributed by atoms with Crippen LogP contribution in [0.2, 0.25) is 0 Å². The molecular weight excluding hydrogens is 341 g/mol. The molecule has 8 heteroatoms. The molecule has 0 fully saturated rings. The van der Waals surface area contributed by atoms with E-state index in [1.165, 1.54) is 18.2 Å². The summed E-state index contributed by atoms with van der Waals surface area (Å²) in [4.78, 5) is 22.3. The van der Waals surface area contributed by atoms with Crippen LogP contribution in [-0.2, 0) is 4.79 Å². The number of carboxylic acid groups (broad SMARTS) is 1. The zero-order chi connectivity index (χ0) is 18.4. The Hall–Kier alpha value is -3.29. The van der Waals surface area contributed by atoms with Gasteiger partial charge in [-0.1, -0.05) is 12.1 Å². The molecule has 0 bridgehead atoms. The average molecular weight is 352 g/mol. The van der Waals surface area contributed by atoms with Crippen molar-refractivity contribution in [3.8, 4) is 11.5 Å². The SMILES string of the molecule is O=C(O)C=Cc1ccc(OC(=O)c2ccc(OC(F)(F)F)cc2)cc1. The van der Waals surface area contributed by atoms with E-state index < -0.39 is 24.1 Å². The molecule has 5 nitrogen and oxygen atoms in total. The summed E-state index contributed by atoms with van der Waals surface area (Å²) in [5, 5.41) is 8.53. The molecule has 0 aliphatic heterocycles. The average Bonchev–Trinajstić information content (AvgIpc) is 2.53. The van der Waals surface area contributed by atoms with E-state index in [2.05, 4.69) is 4.74 Å². The minimum atomic E-state index is -4.81. The third-order valence-corrected chi connectivity index (χ3v) is 2.83. The predicted octanol–water partition coefficient (Wildman–Crippen LogP) is 3.90. The van der Waals surface area contributed by atoms with Gasteiger partial charge in [-0.15, -0.1) is 13.2 Å². The first-order valence-electron chi connectivity index (χ1n) is 6.82. The maximum Gasteiger partial charge on any atom is 0.573 e. The Morgan fingerprint density at radius 2 is 1.48 bits per heavy atom. The molecule has 2 aromatic rings. The first-order chi connectivity index (χ1) is 11.7. The van der Waals surface area contributed by atoms with Crippen molar-refractivity contribution in [1.29, 1.82) is 0 Å². The molecule has 0 aliphatic carbocycles. The summed E-state index contributed by atoms with van der Waals surface area (Å²) in [5.74, 6) is -2.09. The molecule has 0 saturated carbocycles. The van der Waals surface area contributed by atoms with Crippen LogP contribution in [0, 0.1) is 0 Å². The van der Waals surface area contributed by atoms with Crippen molar-refractivity contribution in [2.75, 3.05) is 0 Å². The summed E-state index contributed by atoms with van der Waals surface area (Å²) in [6.07, 6.45) is -2.47. The van der Waals surface area contributed by atoms with E-state index in [9.17, 15) is 22.8 Å². The van der Waals surface area contributed by atoms with Gasteiger partial charge in [-0.3, -0.25) is 0 Å². The topological polar surface area (TPSA) is 72.8 Å². The fraction of sp³-hybridized carbons (Fsp3) is 0.0588. The van der Waals surface area contributed by atoms with Crippen LogP contribution in [0.5, 0.6) is 11.5 Å². The summed E-state index contributed by atoms with van der Waals surface area (Å²) in [6, 6.07) is 10.3. The molecular formula is C17H11F3O5. The summed E-state index contributed by atoms with van der Waals surface area (Å²) >= 11 is 0. The maximum atomic E-state index is 12.1. The van der Waals surface area contributed by atoms with Gasteiger partial charge in [0.15, 0.2) is 0 Å². The second-order valence-corrected chi connectivity index (χ2v) is 4.70. The quantitative estimate of drug-likeness (QED) is 0.502. The molecule has 2 aromatic carbocycles. The summed E-state index contributed by atoms with van der Waals surface area (Å²) < 4.78 is 45.0. The second kappa shape index (κ2) is 7.52. The van der Waals surface area contributed by atoms with Gasteiger partial charge in [0.1, 0.15) is 11.5 Å². The van der Waals surface area contributed by atoms with E-state index in [-0.39, 0.29) is 11.3 Å². The molecule has 25 heavy (non-hydrogen) atoms. The number of carboxylic acids is 1. The number of halogens is 3. The van der Waals surface area contributed by atoms with Crippen LogP contribution in [-0.4, -0.2) is 23.4 Å². The number of alkyl halides is 3. The van der Waals surface area contributed by atoms with Gasteiger partial charge in [-0.2, -0.15) is 0 Å². The first-order valence-corrected chi connectivity index (χ1v) is 6.82. The summed E-state index contributed by atoms with van der Waals surface area (Å²) in [5.41, 5.74) is 0.639. The highest BCUT2D eigenvalue weighted by molar-refractivity contribution is 5.91. The lowest BCUT2D eigenvalue weighted by molar-refractivity contribution is -0.274. The molecule has 130 valence electrons. The molecule has 0 saturated heterocycles. The molecule has 2 rings (SSSR count). The molecule has 0 radical (unpaired) electrons. The number of hydrogen-bond acceptors (Lipinski definition) is 4. The van der Waals surface area contributed by atoms with Gasteiger partial charge in [0.2, 0.25) is 0 Å². The van der Waals surface area contributed by atoms with Gasteiger partial charge in [0.05, 0.1) is 5.56 Å². The number of benzene rings is 2. The lowest BCUT2D eigenvalue weighted by Crippen LogP contribution is -2.17. The van der Waals surface area contributed by atoms with E-state index in [0.717, 1.165) is 30.3 Å². The number of esters is 1. The van der Waals surface area contributed by atoms with Crippen LogP contribution in [0.25, 0.3) is 6.08 Å². The molecule has 0 spiro atoms. The van der Waals surface area contributed by atoms with E-state index >= 15 is 0 Å². The fourth-order valence-electron chi connectivity index (χ4n) is 1.77. The van der Waals surface area contributed by atoms with Crippen LogP contribution in [0.4, 0.5) is 13.2 Å². The third kappa shape index (κ3) is 6.02. The zero-order valence-electron chi connectivity index (χ0n) is 12.5. The van der Waals surface area contributed by atoms with Crippen molar-refractivity contribution in [3.05, 3.63) is 65.7 Å². The molecule has 0 aliphatic rings. The van der Waals surface area contributed by atoms with Gasteiger partial charge in [0, 0.05) is 6.08 Å². The Balaban J connectivity index is 2.00. The molecule has 0 amide bonds. The first kappa shape index (κ1) is 18.1. The van der Waals surface area contributed by atoms with Crippen molar-refractivity contribution in [2.45, 2.75) is 6.36 Å². The van der Waals surface area contributed by atoms with Gasteiger partial charge in [-0.25, -0.2) is 9.59 Å². The standard InChI is InChI=1S/C17H11F3O5/c18-17(19,20)25-14-8-4-12(5-9-14)16(23)24-13-6-1-11(2-7-13)3-10-15(21)22/h1-10H,(H,21,22). The van der Waals surface area contributed by atoms with Crippen LogP contribution < -0.4 is 9.47 Å². The number of rotatable bonds is 5. The van der Waals surface area contributed by atoms with Crippen molar-refractivity contribution < 1.29 is 37.3 Å². The summed E-state index contributed by atoms with van der Waals surface area (Å²) in [7, 11) is 0. The highest BCUT2D eigenvalue weighted by Gasteiger charge is 2.31. The van der Waals surface area contributed by atoms with Gasteiger partial charge >= 0.3 is 18.3 Å². The lowest BCUT2D eigenvalue weighted by atomic mass is 10.2. The minimum Gasteiger partial charge on any atom is -0.478 e. The largest absolute Gasteiger partial charge is 0.573 e. The molecule has 0 heterocycles. The van der Waals surface area contributed by atoms with Gasteiger partial charge in [0.25, 0.3) is 0 Å². The van der Waals surface area contributed by atoms with E-state index in [1.807, 2.05) is 0 Å². The van der Waals surface area contributed by atoms with Crippen LogP contribution >= 0.6 is 0 Å². The van der Waals surface area contributed by atoms with E-state index in [0.29, 0.717) is 5.56 Å². The summed E-state index contributed by atoms with van der Waals surface area (Å²) in [6.45, 7) is 0. The Kier molecular flexibility index (Phi) is 5.43. The Bertz CT molecular complexity index is 777. The van der Waals surface area contributed by atoms with Crippen LogP contribution in [0.1, 0.15) is 15.9 Å². The molecule has 0 unspecified atom stereocenters. The Morgan fingerprint density at radius 1 is 0.920 bits per heavy atom. The van der Waals surface area contributed by atoms with Crippen molar-refractivity contribution >= 4 is 18.0 Å².